The van der Waals surface area contributed by atoms with Gasteiger partial charge in [-0.2, -0.15) is 0 Å². The van der Waals surface area contributed by atoms with Gasteiger partial charge in [0.25, 0.3) is 0 Å². The highest BCUT2D eigenvalue weighted by atomic mass is 19.2. The number of hydrogen-bond donors (Lipinski definition) is 1. The lowest BCUT2D eigenvalue weighted by atomic mass is 10.2. The van der Waals surface area contributed by atoms with Gasteiger partial charge >= 0.3 is 0 Å². The van der Waals surface area contributed by atoms with Crippen molar-refractivity contribution in [1.29, 1.82) is 0 Å². The van der Waals surface area contributed by atoms with Gasteiger partial charge in [0.1, 0.15) is 5.52 Å². The van der Waals surface area contributed by atoms with Crippen LogP contribution in [-0.4, -0.2) is 16.3 Å². The molecule has 3 aromatic rings. The van der Waals surface area contributed by atoms with Crippen LogP contribution < -0.4 is 15.2 Å². The third kappa shape index (κ3) is 1.63. The second-order valence-electron chi connectivity index (χ2n) is 4.57. The molecule has 4 rings (SSSR count). The van der Waals surface area contributed by atoms with Crippen molar-refractivity contribution < 1.29 is 18.3 Å². The number of imidazole rings is 1. The smallest absolute Gasteiger partial charge is 0.231 e. The van der Waals surface area contributed by atoms with Gasteiger partial charge in [0.2, 0.25) is 12.7 Å². The minimum absolute atomic E-state index is 0.00800. The summed E-state index contributed by atoms with van der Waals surface area (Å²) in [5, 5.41) is 0. The fourth-order valence-electron chi connectivity index (χ4n) is 2.41. The zero-order valence-corrected chi connectivity index (χ0v) is 10.6. The molecule has 1 aliphatic heterocycles. The van der Waals surface area contributed by atoms with Gasteiger partial charge < -0.3 is 15.2 Å². The Labute approximate surface area is 117 Å². The highest BCUT2D eigenvalue weighted by Crippen LogP contribution is 2.35. The van der Waals surface area contributed by atoms with E-state index in [0.717, 1.165) is 6.07 Å². The van der Waals surface area contributed by atoms with Crippen molar-refractivity contribution in [3.8, 4) is 17.2 Å². The summed E-state index contributed by atoms with van der Waals surface area (Å²) in [7, 11) is 0. The van der Waals surface area contributed by atoms with Crippen LogP contribution in [0.2, 0.25) is 0 Å². The Morgan fingerprint density at radius 2 is 1.90 bits per heavy atom. The normalized spacial score (nSPS) is 13.0. The number of aromatic nitrogens is 2. The van der Waals surface area contributed by atoms with Crippen molar-refractivity contribution in [1.82, 2.24) is 9.55 Å². The first-order valence-electron chi connectivity index (χ1n) is 6.17. The first-order chi connectivity index (χ1) is 10.1. The standard InChI is InChI=1S/C14H9F2N3O2/c15-8-2-3-9-13(12(8)16)19(14(17)18-9)7-1-4-10-11(5-7)21-6-20-10/h1-5H,6H2,(H2,17,18). The Morgan fingerprint density at radius 1 is 1.10 bits per heavy atom. The maximum absolute atomic E-state index is 14.1. The van der Waals surface area contributed by atoms with Crippen molar-refractivity contribution in [2.24, 2.45) is 0 Å². The summed E-state index contributed by atoms with van der Waals surface area (Å²) in [5.74, 6) is -0.772. The average Bonchev–Trinajstić information content (AvgIpc) is 3.06. The second kappa shape index (κ2) is 4.08. The summed E-state index contributed by atoms with van der Waals surface area (Å²) >= 11 is 0. The average molecular weight is 289 g/mol. The minimum Gasteiger partial charge on any atom is -0.454 e. The van der Waals surface area contributed by atoms with Crippen molar-refractivity contribution in [3.63, 3.8) is 0 Å². The second-order valence-corrected chi connectivity index (χ2v) is 4.57. The molecule has 0 radical (unpaired) electrons. The molecule has 0 atom stereocenters. The van der Waals surface area contributed by atoms with E-state index in [1.54, 1.807) is 18.2 Å². The predicted octanol–water partition coefficient (Wildman–Crippen LogP) is 2.61. The number of nitrogens with zero attached hydrogens (tertiary/aromatic N) is 2. The van der Waals surface area contributed by atoms with Crippen LogP contribution in [0.15, 0.2) is 30.3 Å². The van der Waals surface area contributed by atoms with Gasteiger partial charge in [0, 0.05) is 6.07 Å². The summed E-state index contributed by atoms with van der Waals surface area (Å²) in [6.45, 7) is 0.127. The molecule has 0 aliphatic carbocycles. The molecule has 5 nitrogen and oxygen atoms in total. The molecule has 21 heavy (non-hydrogen) atoms. The molecule has 0 saturated heterocycles. The Bertz CT molecular complexity index is 876. The number of nitrogen functional groups attached to an aromatic ring is 1. The topological polar surface area (TPSA) is 62.3 Å². The summed E-state index contributed by atoms with van der Waals surface area (Å²) in [6, 6.07) is 7.40. The van der Waals surface area contributed by atoms with E-state index in [2.05, 4.69) is 4.98 Å². The van der Waals surface area contributed by atoms with E-state index in [4.69, 9.17) is 15.2 Å². The number of halogens is 2. The van der Waals surface area contributed by atoms with Crippen LogP contribution in [0.5, 0.6) is 11.5 Å². The molecular weight excluding hydrogens is 280 g/mol. The van der Waals surface area contributed by atoms with Gasteiger partial charge in [0.05, 0.1) is 11.2 Å². The first kappa shape index (κ1) is 12.0. The lowest BCUT2D eigenvalue weighted by Gasteiger charge is -2.08. The number of nitrogens with two attached hydrogens (primary N) is 1. The molecule has 0 bridgehead atoms. The van der Waals surface area contributed by atoms with Crippen molar-refractivity contribution in [2.75, 3.05) is 12.5 Å². The zero-order valence-electron chi connectivity index (χ0n) is 10.6. The number of ether oxygens (including phenoxy) is 2. The van der Waals surface area contributed by atoms with Crippen LogP contribution in [-0.2, 0) is 0 Å². The predicted molar refractivity (Wildman–Crippen MR) is 71.5 cm³/mol. The lowest BCUT2D eigenvalue weighted by molar-refractivity contribution is 0.174. The van der Waals surface area contributed by atoms with Gasteiger partial charge in [-0.25, -0.2) is 13.8 Å². The van der Waals surface area contributed by atoms with Crippen LogP contribution >= 0.6 is 0 Å². The molecular formula is C14H9F2N3O2. The summed E-state index contributed by atoms with van der Waals surface area (Å²) in [4.78, 5) is 4.05. The quantitative estimate of drug-likeness (QED) is 0.748. The van der Waals surface area contributed by atoms with E-state index in [1.807, 2.05) is 0 Å². The fourth-order valence-corrected chi connectivity index (χ4v) is 2.41. The Balaban J connectivity index is 2.02. The fraction of sp³-hybridized carbons (Fsp3) is 0.0714. The molecule has 0 fully saturated rings. The maximum atomic E-state index is 14.1. The maximum Gasteiger partial charge on any atom is 0.231 e. The van der Waals surface area contributed by atoms with E-state index in [1.165, 1.54) is 10.6 Å². The first-order valence-corrected chi connectivity index (χ1v) is 6.17. The number of benzene rings is 2. The molecule has 0 saturated carbocycles. The van der Waals surface area contributed by atoms with Crippen molar-refractivity contribution >= 4 is 17.0 Å². The molecule has 7 heteroatoms. The molecule has 1 aromatic heterocycles. The highest BCUT2D eigenvalue weighted by Gasteiger charge is 2.20. The number of rotatable bonds is 1. The lowest BCUT2D eigenvalue weighted by Crippen LogP contribution is -2.02. The Morgan fingerprint density at radius 3 is 2.76 bits per heavy atom. The minimum atomic E-state index is -0.991. The van der Waals surface area contributed by atoms with Gasteiger partial charge in [-0.3, -0.25) is 4.57 Å². The molecule has 2 aromatic carbocycles. The molecule has 0 unspecified atom stereocenters. The molecule has 1 aliphatic rings. The van der Waals surface area contributed by atoms with E-state index in [9.17, 15) is 8.78 Å². The highest BCUT2D eigenvalue weighted by molar-refractivity contribution is 5.81. The summed E-state index contributed by atoms with van der Waals surface area (Å²) in [5.41, 5.74) is 6.63. The molecule has 0 spiro atoms. The zero-order chi connectivity index (χ0) is 14.6. The van der Waals surface area contributed by atoms with Crippen LogP contribution in [0, 0.1) is 11.6 Å². The van der Waals surface area contributed by atoms with Crippen LogP contribution in [0.25, 0.3) is 16.7 Å². The van der Waals surface area contributed by atoms with E-state index < -0.39 is 11.6 Å². The monoisotopic (exact) mass is 289 g/mol. The molecule has 2 N–H and O–H groups in total. The SMILES string of the molecule is Nc1nc2ccc(F)c(F)c2n1-c1ccc2c(c1)OCO2. The largest absolute Gasteiger partial charge is 0.454 e. The molecule has 0 amide bonds. The van der Waals surface area contributed by atoms with Crippen molar-refractivity contribution in [3.05, 3.63) is 42.0 Å². The summed E-state index contributed by atoms with van der Waals surface area (Å²) in [6.07, 6.45) is 0. The summed E-state index contributed by atoms with van der Waals surface area (Å²) < 4.78 is 39.4. The Hall–Kier alpha value is -2.83. The van der Waals surface area contributed by atoms with Crippen molar-refractivity contribution in [2.45, 2.75) is 0 Å². The Kier molecular flexibility index (Phi) is 2.32. The van der Waals surface area contributed by atoms with Gasteiger partial charge in [-0.1, -0.05) is 0 Å². The number of fused-ring (bicyclic) bond motifs is 2. The van der Waals surface area contributed by atoms with E-state index >= 15 is 0 Å². The van der Waals surface area contributed by atoms with Crippen LogP contribution in [0.3, 0.4) is 0 Å². The van der Waals surface area contributed by atoms with E-state index in [-0.39, 0.29) is 23.8 Å². The van der Waals surface area contributed by atoms with Gasteiger partial charge in [-0.15, -0.1) is 0 Å². The number of anilines is 1. The van der Waals surface area contributed by atoms with Crippen LogP contribution in [0.4, 0.5) is 14.7 Å². The third-order valence-electron chi connectivity index (χ3n) is 3.35. The van der Waals surface area contributed by atoms with Gasteiger partial charge in [-0.05, 0) is 24.3 Å². The van der Waals surface area contributed by atoms with Gasteiger partial charge in [0.15, 0.2) is 23.1 Å². The third-order valence-corrected chi connectivity index (χ3v) is 3.35. The van der Waals surface area contributed by atoms with E-state index in [0.29, 0.717) is 17.2 Å². The van der Waals surface area contributed by atoms with Crippen LogP contribution in [0.1, 0.15) is 0 Å². The number of hydrogen-bond acceptors (Lipinski definition) is 4. The molecule has 106 valence electrons. The molecule has 2 heterocycles.